The minimum Gasteiger partial charge on any atom is -0.481 e. The van der Waals surface area contributed by atoms with Gasteiger partial charge in [0.25, 0.3) is 17.7 Å². The number of nitrogens with one attached hydrogen (secondary N) is 3. The minimum atomic E-state index is -0.920. The van der Waals surface area contributed by atoms with E-state index in [1.165, 1.54) is 31.2 Å². The molecule has 2 aromatic rings. The summed E-state index contributed by atoms with van der Waals surface area (Å²) in [5.74, 6) is -1.70. The van der Waals surface area contributed by atoms with Crippen molar-refractivity contribution in [3.8, 4) is 5.75 Å². The molecule has 9 heteroatoms. The fraction of sp³-hybridized carbons (Fsp3) is 0.167. The van der Waals surface area contributed by atoms with E-state index in [9.17, 15) is 18.8 Å². The van der Waals surface area contributed by atoms with Crippen LogP contribution in [0.1, 0.15) is 17.3 Å². The molecule has 1 atom stereocenters. The van der Waals surface area contributed by atoms with Crippen molar-refractivity contribution in [2.24, 2.45) is 0 Å². The maximum absolute atomic E-state index is 12.8. The van der Waals surface area contributed by atoms with Crippen LogP contribution in [0, 0.1) is 9.39 Å². The van der Waals surface area contributed by atoms with Crippen LogP contribution in [0.25, 0.3) is 0 Å². The fourth-order valence-corrected chi connectivity index (χ4v) is 2.58. The third-order valence-electron chi connectivity index (χ3n) is 3.35. The van der Waals surface area contributed by atoms with E-state index in [0.717, 1.165) is 3.57 Å². The van der Waals surface area contributed by atoms with Gasteiger partial charge in [-0.15, -0.1) is 0 Å². The first kappa shape index (κ1) is 20.6. The van der Waals surface area contributed by atoms with Gasteiger partial charge in [-0.1, -0.05) is 12.1 Å². The maximum atomic E-state index is 12.8. The Labute approximate surface area is 168 Å². The molecule has 0 fully saturated rings. The van der Waals surface area contributed by atoms with Crippen molar-refractivity contribution in [3.63, 3.8) is 0 Å². The lowest BCUT2D eigenvalue weighted by molar-refractivity contribution is -0.132. The summed E-state index contributed by atoms with van der Waals surface area (Å²) in [5.41, 5.74) is 4.84. The molecular formula is C18H17FIN3O4. The first-order chi connectivity index (χ1) is 12.9. The topological polar surface area (TPSA) is 96.5 Å². The highest BCUT2D eigenvalue weighted by molar-refractivity contribution is 14.1. The van der Waals surface area contributed by atoms with Gasteiger partial charge in [0.05, 0.1) is 12.1 Å². The van der Waals surface area contributed by atoms with Crippen molar-refractivity contribution in [1.82, 2.24) is 16.2 Å². The summed E-state index contributed by atoms with van der Waals surface area (Å²) < 4.78 is 18.9. The molecule has 1 unspecified atom stereocenters. The van der Waals surface area contributed by atoms with Crippen LogP contribution in [-0.2, 0) is 9.59 Å². The smallest absolute Gasteiger partial charge is 0.279 e. The second-order valence-electron chi connectivity index (χ2n) is 5.41. The van der Waals surface area contributed by atoms with Crippen molar-refractivity contribution >= 4 is 40.3 Å². The molecule has 0 heterocycles. The number of hydrogen-bond donors (Lipinski definition) is 3. The van der Waals surface area contributed by atoms with Crippen molar-refractivity contribution in [2.45, 2.75) is 13.0 Å². The molecule has 0 aliphatic carbocycles. The second kappa shape index (κ2) is 9.86. The van der Waals surface area contributed by atoms with Gasteiger partial charge in [0, 0.05) is 3.57 Å². The molecule has 3 N–H and O–H groups in total. The monoisotopic (exact) mass is 485 g/mol. The maximum Gasteiger partial charge on any atom is 0.279 e. The van der Waals surface area contributed by atoms with Crippen molar-refractivity contribution in [3.05, 3.63) is 63.5 Å². The summed E-state index contributed by atoms with van der Waals surface area (Å²) in [7, 11) is 0. The van der Waals surface area contributed by atoms with E-state index in [2.05, 4.69) is 16.2 Å². The zero-order valence-corrected chi connectivity index (χ0v) is 16.4. The Bertz CT molecular complexity index is 830. The highest BCUT2D eigenvalue weighted by atomic mass is 127. The number of hydrazine groups is 1. The summed E-state index contributed by atoms with van der Waals surface area (Å²) in [4.78, 5) is 35.7. The van der Waals surface area contributed by atoms with Crippen molar-refractivity contribution in [2.75, 3.05) is 6.54 Å². The van der Waals surface area contributed by atoms with Gasteiger partial charge < -0.3 is 10.1 Å². The van der Waals surface area contributed by atoms with Gasteiger partial charge in [-0.2, -0.15) is 0 Å². The lowest BCUT2D eigenvalue weighted by atomic mass is 10.2. The standard InChI is InChI=1S/C18H17FIN3O4/c1-11(27-13-8-6-12(19)7-9-13)17(25)23-22-16(24)10-21-18(26)14-4-2-3-5-15(14)20/h2-9,11H,10H2,1H3,(H,21,26)(H,22,24)(H,23,25). The Morgan fingerprint density at radius 3 is 2.41 bits per heavy atom. The SMILES string of the molecule is CC(Oc1ccc(F)cc1)C(=O)NNC(=O)CNC(=O)c1ccccc1I. The van der Waals surface area contributed by atoms with E-state index in [-0.39, 0.29) is 6.54 Å². The number of amides is 3. The van der Waals surface area contributed by atoms with E-state index in [4.69, 9.17) is 4.74 Å². The zero-order chi connectivity index (χ0) is 19.8. The molecule has 142 valence electrons. The molecule has 27 heavy (non-hydrogen) atoms. The lowest BCUT2D eigenvalue weighted by Gasteiger charge is -2.15. The van der Waals surface area contributed by atoms with Gasteiger partial charge in [-0.3, -0.25) is 25.2 Å². The fourth-order valence-electron chi connectivity index (χ4n) is 1.95. The van der Waals surface area contributed by atoms with E-state index in [0.29, 0.717) is 11.3 Å². The van der Waals surface area contributed by atoms with Gasteiger partial charge >= 0.3 is 0 Å². The molecule has 2 aromatic carbocycles. The molecule has 0 saturated carbocycles. The number of carbonyl (C=O) groups excluding carboxylic acids is 3. The highest BCUT2D eigenvalue weighted by Gasteiger charge is 2.16. The van der Waals surface area contributed by atoms with Crippen LogP contribution in [0.5, 0.6) is 5.75 Å². The minimum absolute atomic E-state index is 0.308. The average molecular weight is 485 g/mol. The van der Waals surface area contributed by atoms with Crippen LogP contribution in [0.2, 0.25) is 0 Å². The molecule has 0 aliphatic heterocycles. The number of hydrogen-bond acceptors (Lipinski definition) is 4. The molecule has 2 rings (SSSR count). The molecule has 0 saturated heterocycles. The van der Waals surface area contributed by atoms with E-state index in [1.54, 1.807) is 24.3 Å². The average Bonchev–Trinajstić information content (AvgIpc) is 2.66. The third kappa shape index (κ3) is 6.51. The molecule has 3 amide bonds. The van der Waals surface area contributed by atoms with Crippen LogP contribution >= 0.6 is 22.6 Å². The molecule has 0 aliphatic rings. The molecule has 0 aromatic heterocycles. The molecule has 0 bridgehead atoms. The summed E-state index contributed by atoms with van der Waals surface area (Å²) in [6.07, 6.45) is -0.920. The second-order valence-corrected chi connectivity index (χ2v) is 6.58. The summed E-state index contributed by atoms with van der Waals surface area (Å²) in [5, 5.41) is 2.46. The quantitative estimate of drug-likeness (QED) is 0.430. The highest BCUT2D eigenvalue weighted by Crippen LogP contribution is 2.13. The van der Waals surface area contributed by atoms with Gasteiger partial charge in [-0.25, -0.2) is 4.39 Å². The zero-order valence-electron chi connectivity index (χ0n) is 14.3. The Morgan fingerprint density at radius 1 is 1.07 bits per heavy atom. The third-order valence-corrected chi connectivity index (χ3v) is 4.29. The number of rotatable bonds is 6. The molecule has 0 radical (unpaired) electrons. The first-order valence-corrected chi connectivity index (χ1v) is 8.98. The Morgan fingerprint density at radius 2 is 1.74 bits per heavy atom. The number of carbonyl (C=O) groups is 3. The number of ether oxygens (including phenoxy) is 1. The summed E-state index contributed by atoms with van der Waals surface area (Å²) >= 11 is 2.02. The Kier molecular flexibility index (Phi) is 7.53. The summed E-state index contributed by atoms with van der Waals surface area (Å²) in [6, 6.07) is 12.1. The lowest BCUT2D eigenvalue weighted by Crippen LogP contribution is -2.50. The normalized spacial score (nSPS) is 11.2. The largest absolute Gasteiger partial charge is 0.481 e. The van der Waals surface area contributed by atoms with Crippen LogP contribution in [-0.4, -0.2) is 30.4 Å². The predicted octanol–water partition coefficient (Wildman–Crippen LogP) is 1.77. The Balaban J connectivity index is 1.74. The van der Waals surface area contributed by atoms with E-state index >= 15 is 0 Å². The number of halogens is 2. The van der Waals surface area contributed by atoms with Crippen molar-refractivity contribution in [1.29, 1.82) is 0 Å². The van der Waals surface area contributed by atoms with Crippen LogP contribution < -0.4 is 20.9 Å². The van der Waals surface area contributed by atoms with Gasteiger partial charge in [-0.05, 0) is 65.9 Å². The molecule has 0 spiro atoms. The van der Waals surface area contributed by atoms with Crippen LogP contribution in [0.4, 0.5) is 4.39 Å². The van der Waals surface area contributed by atoms with Gasteiger partial charge in [0.2, 0.25) is 0 Å². The van der Waals surface area contributed by atoms with Crippen LogP contribution in [0.3, 0.4) is 0 Å². The van der Waals surface area contributed by atoms with E-state index in [1.807, 2.05) is 22.6 Å². The van der Waals surface area contributed by atoms with Crippen LogP contribution in [0.15, 0.2) is 48.5 Å². The predicted molar refractivity (Wildman–Crippen MR) is 104 cm³/mol. The molecular weight excluding hydrogens is 468 g/mol. The van der Waals surface area contributed by atoms with Gasteiger partial charge in [0.15, 0.2) is 6.10 Å². The Hall–Kier alpha value is -2.69. The first-order valence-electron chi connectivity index (χ1n) is 7.90. The van der Waals surface area contributed by atoms with Crippen molar-refractivity contribution < 1.29 is 23.5 Å². The molecule has 7 nitrogen and oxygen atoms in total. The summed E-state index contributed by atoms with van der Waals surface area (Å²) in [6.45, 7) is 1.17. The van der Waals surface area contributed by atoms with E-state index < -0.39 is 29.6 Å². The number of benzene rings is 2. The van der Waals surface area contributed by atoms with Gasteiger partial charge in [0.1, 0.15) is 11.6 Å².